The van der Waals surface area contributed by atoms with E-state index < -0.39 is 0 Å². The number of hydrogen-bond donors (Lipinski definition) is 0. The molecule has 0 saturated carbocycles. The van der Waals surface area contributed by atoms with Crippen molar-refractivity contribution in [2.24, 2.45) is 0 Å². The van der Waals surface area contributed by atoms with Gasteiger partial charge in [0, 0.05) is 22.0 Å². The monoisotopic (exact) mass is 159 g/mol. The highest BCUT2D eigenvalue weighted by molar-refractivity contribution is 6.55. The summed E-state index contributed by atoms with van der Waals surface area (Å²) in [7, 11) is 0.0227. The number of rotatable bonds is 6. The third-order valence-electron chi connectivity index (χ3n) is 1.42. The zero-order valence-corrected chi connectivity index (χ0v) is 8.44. The average molecular weight is 159 g/mol. The van der Waals surface area contributed by atoms with E-state index in [9.17, 15) is 0 Å². The van der Waals surface area contributed by atoms with E-state index in [1.165, 1.54) is 18.9 Å². The Morgan fingerprint density at radius 3 is 2.40 bits per heavy atom. The topological polar surface area (TPSA) is 9.23 Å². The van der Waals surface area contributed by atoms with Gasteiger partial charge >= 0.3 is 0 Å². The molecule has 0 aliphatic rings. The number of unbranched alkanes of at least 4 members (excludes halogenated alkanes) is 1. The lowest BCUT2D eigenvalue weighted by atomic mass is 10.4. The summed E-state index contributed by atoms with van der Waals surface area (Å²) in [6.45, 7) is 8.62. The van der Waals surface area contributed by atoms with Crippen LogP contribution in [0.2, 0.25) is 19.1 Å². The molecule has 0 aliphatic heterocycles. The van der Waals surface area contributed by atoms with Crippen molar-refractivity contribution < 1.29 is 4.74 Å². The number of ether oxygens (including phenoxy) is 1. The Balaban J connectivity index is 2.77. The fourth-order valence-electron chi connectivity index (χ4n) is 0.827. The van der Waals surface area contributed by atoms with Crippen molar-refractivity contribution in [2.75, 3.05) is 13.2 Å². The molecule has 0 bridgehead atoms. The summed E-state index contributed by atoms with van der Waals surface area (Å²) < 4.78 is 5.23. The van der Waals surface area contributed by atoms with Crippen LogP contribution < -0.4 is 0 Å². The van der Waals surface area contributed by atoms with Crippen LogP contribution in [0.25, 0.3) is 0 Å². The maximum absolute atomic E-state index is 5.23. The van der Waals surface area contributed by atoms with Crippen LogP contribution in [0.3, 0.4) is 0 Å². The molecule has 0 aromatic heterocycles. The van der Waals surface area contributed by atoms with Gasteiger partial charge in [-0.15, -0.1) is 0 Å². The van der Waals surface area contributed by atoms with Gasteiger partial charge in [0.2, 0.25) is 0 Å². The first kappa shape index (κ1) is 10.2. The van der Waals surface area contributed by atoms with Crippen molar-refractivity contribution in [3.8, 4) is 0 Å². The van der Waals surface area contributed by atoms with Crippen LogP contribution in [0.15, 0.2) is 0 Å². The molecule has 0 amide bonds. The molecule has 0 saturated heterocycles. The highest BCUT2D eigenvalue weighted by Gasteiger charge is 1.94. The van der Waals surface area contributed by atoms with E-state index in [-0.39, 0.29) is 8.80 Å². The molecule has 0 N–H and O–H groups in total. The largest absolute Gasteiger partial charge is 0.382 e. The molecule has 1 radical (unpaired) electrons. The van der Waals surface area contributed by atoms with Gasteiger partial charge in [-0.3, -0.25) is 0 Å². The lowest BCUT2D eigenvalue weighted by Gasteiger charge is -2.02. The smallest absolute Gasteiger partial charge is 0.0465 e. The first-order valence-electron chi connectivity index (χ1n) is 4.14. The van der Waals surface area contributed by atoms with Crippen molar-refractivity contribution >= 4 is 8.80 Å². The van der Waals surface area contributed by atoms with Gasteiger partial charge in [-0.2, -0.15) is 0 Å². The third-order valence-corrected chi connectivity index (χ3v) is 2.77. The van der Waals surface area contributed by atoms with E-state index in [4.69, 9.17) is 4.74 Å². The van der Waals surface area contributed by atoms with E-state index in [2.05, 4.69) is 20.0 Å². The van der Waals surface area contributed by atoms with Crippen LogP contribution in [0, 0.1) is 0 Å². The Morgan fingerprint density at radius 2 is 1.90 bits per heavy atom. The van der Waals surface area contributed by atoms with Crippen LogP contribution >= 0.6 is 0 Å². The maximum atomic E-state index is 5.23. The van der Waals surface area contributed by atoms with E-state index >= 15 is 0 Å². The van der Waals surface area contributed by atoms with Crippen LogP contribution in [-0.4, -0.2) is 22.0 Å². The average Bonchev–Trinajstić information content (AvgIpc) is 1.87. The minimum atomic E-state index is 0.0227. The van der Waals surface area contributed by atoms with Crippen molar-refractivity contribution in [1.82, 2.24) is 0 Å². The summed E-state index contributed by atoms with van der Waals surface area (Å²) in [4.78, 5) is 0. The van der Waals surface area contributed by atoms with E-state index in [0.717, 1.165) is 13.2 Å². The van der Waals surface area contributed by atoms with Gasteiger partial charge in [-0.05, 0) is 13.3 Å². The van der Waals surface area contributed by atoms with Gasteiger partial charge in [-0.1, -0.05) is 25.6 Å². The molecule has 0 unspecified atom stereocenters. The molecular formula is C8H19OSi. The molecule has 0 fully saturated rings. The van der Waals surface area contributed by atoms with Gasteiger partial charge in [-0.25, -0.2) is 0 Å². The predicted octanol–water partition coefficient (Wildman–Crippen LogP) is 2.56. The van der Waals surface area contributed by atoms with Crippen molar-refractivity contribution in [1.29, 1.82) is 0 Å². The first-order valence-corrected chi connectivity index (χ1v) is 6.85. The molecule has 0 aromatic carbocycles. The number of hydrogen-bond acceptors (Lipinski definition) is 1. The van der Waals surface area contributed by atoms with Crippen LogP contribution in [0.1, 0.15) is 19.8 Å². The molecule has 0 spiro atoms. The lowest BCUT2D eigenvalue weighted by molar-refractivity contribution is 0.144. The summed E-state index contributed by atoms with van der Waals surface area (Å²) >= 11 is 0. The molecule has 0 aliphatic carbocycles. The lowest BCUT2D eigenvalue weighted by Crippen LogP contribution is -2.00. The van der Waals surface area contributed by atoms with Gasteiger partial charge in [0.1, 0.15) is 0 Å². The fraction of sp³-hybridized carbons (Fsp3) is 1.00. The Labute approximate surface area is 66.4 Å². The van der Waals surface area contributed by atoms with Crippen LogP contribution in [0.4, 0.5) is 0 Å². The van der Waals surface area contributed by atoms with Crippen LogP contribution in [-0.2, 0) is 4.74 Å². The van der Waals surface area contributed by atoms with E-state index in [0.29, 0.717) is 0 Å². The minimum Gasteiger partial charge on any atom is -0.382 e. The molecule has 61 valence electrons. The highest BCUT2D eigenvalue weighted by Crippen LogP contribution is 2.00. The molecule has 1 nitrogen and oxygen atoms in total. The van der Waals surface area contributed by atoms with Crippen LogP contribution in [0.5, 0.6) is 0 Å². The first-order chi connectivity index (χ1) is 4.77. The molecule has 0 aromatic rings. The Morgan fingerprint density at radius 1 is 1.20 bits per heavy atom. The molecular weight excluding hydrogens is 140 g/mol. The molecule has 10 heavy (non-hydrogen) atoms. The standard InChI is InChI=1S/C8H19OSi/c1-4-9-7-5-6-8-10(2)3/h4-8H2,1-3H3. The second-order valence-electron chi connectivity index (χ2n) is 2.86. The SMILES string of the molecule is CCOCCCC[Si](C)C. The summed E-state index contributed by atoms with van der Waals surface area (Å²) in [6.07, 6.45) is 2.62. The summed E-state index contributed by atoms with van der Waals surface area (Å²) in [5.74, 6) is 0. The van der Waals surface area contributed by atoms with Gasteiger partial charge in [0.05, 0.1) is 0 Å². The zero-order valence-electron chi connectivity index (χ0n) is 7.44. The van der Waals surface area contributed by atoms with Crippen molar-refractivity contribution in [3.63, 3.8) is 0 Å². The Kier molecular flexibility index (Phi) is 7.41. The van der Waals surface area contributed by atoms with E-state index in [1.807, 2.05) is 0 Å². The second kappa shape index (κ2) is 7.29. The maximum Gasteiger partial charge on any atom is 0.0465 e. The fourth-order valence-corrected chi connectivity index (χ4v) is 1.78. The Hall–Kier alpha value is 0.177. The molecule has 2 heteroatoms. The molecule has 0 atom stereocenters. The summed E-state index contributed by atoms with van der Waals surface area (Å²) in [6, 6.07) is 1.44. The van der Waals surface area contributed by atoms with Gasteiger partial charge < -0.3 is 4.74 Å². The van der Waals surface area contributed by atoms with Gasteiger partial charge in [0.15, 0.2) is 0 Å². The van der Waals surface area contributed by atoms with Crippen molar-refractivity contribution in [2.45, 2.75) is 38.9 Å². The minimum absolute atomic E-state index is 0.0227. The normalized spacial score (nSPS) is 10.8. The second-order valence-corrected chi connectivity index (χ2v) is 5.78. The third kappa shape index (κ3) is 8.18. The zero-order chi connectivity index (χ0) is 7.82. The Bertz CT molecular complexity index is 64.3. The molecule has 0 heterocycles. The quantitative estimate of drug-likeness (QED) is 0.427. The molecule has 0 rings (SSSR count). The van der Waals surface area contributed by atoms with Gasteiger partial charge in [0.25, 0.3) is 0 Å². The predicted molar refractivity (Wildman–Crippen MR) is 48.0 cm³/mol. The van der Waals surface area contributed by atoms with E-state index in [1.54, 1.807) is 0 Å². The van der Waals surface area contributed by atoms with Crippen molar-refractivity contribution in [3.05, 3.63) is 0 Å². The summed E-state index contributed by atoms with van der Waals surface area (Å²) in [5.41, 5.74) is 0. The summed E-state index contributed by atoms with van der Waals surface area (Å²) in [5, 5.41) is 0. The highest BCUT2D eigenvalue weighted by atomic mass is 28.3.